The lowest BCUT2D eigenvalue weighted by Gasteiger charge is -2.16. The van der Waals surface area contributed by atoms with Crippen LogP contribution < -0.4 is 15.0 Å². The van der Waals surface area contributed by atoms with Gasteiger partial charge >= 0.3 is 0 Å². The molecule has 0 bridgehead atoms. The predicted octanol–water partition coefficient (Wildman–Crippen LogP) is 2.88. The maximum Gasteiger partial charge on any atom is 0.269 e. The Bertz CT molecular complexity index is 1350. The Kier molecular flexibility index (Phi) is 6.30. The summed E-state index contributed by atoms with van der Waals surface area (Å²) in [6.45, 7) is 0.177. The Morgan fingerprint density at radius 2 is 1.88 bits per heavy atom. The molecular weight excluding hydrogens is 484 g/mol. The van der Waals surface area contributed by atoms with Crippen molar-refractivity contribution >= 4 is 49.5 Å². The van der Waals surface area contributed by atoms with Gasteiger partial charge in [0.1, 0.15) is 9.96 Å². The van der Waals surface area contributed by atoms with Gasteiger partial charge in [-0.05, 0) is 36.4 Å². The Labute approximate surface area is 198 Å². The number of nitrogens with zero attached hydrogens (tertiary/aromatic N) is 3. The maximum atomic E-state index is 12.8. The number of amides is 2. The van der Waals surface area contributed by atoms with Gasteiger partial charge < -0.3 is 15.0 Å². The highest BCUT2D eigenvalue weighted by atomic mass is 32.2. The molecule has 1 saturated heterocycles. The molecule has 0 radical (unpaired) electrons. The van der Waals surface area contributed by atoms with Crippen molar-refractivity contribution in [3.63, 3.8) is 0 Å². The summed E-state index contributed by atoms with van der Waals surface area (Å²) in [5.74, 6) is -0.634. The molecule has 1 atom stereocenters. The number of nitrogens with one attached hydrogen (secondary N) is 1. The molecule has 4 rings (SSSR count). The SMILES string of the molecule is COc1ccc(N2CC(C(=O)Nc3ncc(S(=O)(=O)c4ccc([N+](=O)[O-])cc4)s3)CC2=O)cc1. The number of thiazole rings is 1. The summed E-state index contributed by atoms with van der Waals surface area (Å²) >= 11 is 0.757. The van der Waals surface area contributed by atoms with Gasteiger partial charge in [0.05, 0.1) is 29.0 Å². The molecule has 2 amide bonds. The topological polar surface area (TPSA) is 149 Å². The fraction of sp³-hybridized carbons (Fsp3) is 0.190. The van der Waals surface area contributed by atoms with Gasteiger partial charge in [0.2, 0.25) is 21.7 Å². The molecule has 2 aromatic carbocycles. The van der Waals surface area contributed by atoms with Crippen molar-refractivity contribution < 1.29 is 27.7 Å². The third-order valence-electron chi connectivity index (χ3n) is 5.22. The molecule has 0 spiro atoms. The van der Waals surface area contributed by atoms with E-state index in [0.717, 1.165) is 41.8 Å². The van der Waals surface area contributed by atoms with Crippen LogP contribution >= 0.6 is 11.3 Å². The maximum absolute atomic E-state index is 12.8. The zero-order chi connectivity index (χ0) is 24.5. The normalized spacial score (nSPS) is 15.9. The first-order chi connectivity index (χ1) is 16.2. The monoisotopic (exact) mass is 502 g/mol. The molecule has 3 aromatic rings. The minimum Gasteiger partial charge on any atom is -0.497 e. The molecule has 1 unspecified atom stereocenters. The van der Waals surface area contributed by atoms with Crippen molar-refractivity contribution in [2.45, 2.75) is 15.5 Å². The van der Waals surface area contributed by atoms with Crippen molar-refractivity contribution in [1.29, 1.82) is 0 Å². The number of aromatic nitrogens is 1. The number of hydrogen-bond acceptors (Lipinski definition) is 9. The molecule has 0 aliphatic carbocycles. The van der Waals surface area contributed by atoms with Gasteiger partial charge in [-0.2, -0.15) is 0 Å². The van der Waals surface area contributed by atoms with Crippen molar-refractivity contribution in [2.75, 3.05) is 23.9 Å². The van der Waals surface area contributed by atoms with Crippen LogP contribution in [0.3, 0.4) is 0 Å². The fourth-order valence-corrected chi connectivity index (χ4v) is 5.84. The molecular formula is C21H18N4O7S2. The molecule has 1 N–H and O–H groups in total. The van der Waals surface area contributed by atoms with Crippen LogP contribution in [0, 0.1) is 16.0 Å². The Hall–Kier alpha value is -3.84. The molecule has 34 heavy (non-hydrogen) atoms. The van der Waals surface area contributed by atoms with Crippen molar-refractivity contribution in [2.24, 2.45) is 5.92 Å². The molecule has 13 heteroatoms. The van der Waals surface area contributed by atoms with Crippen LogP contribution in [-0.4, -0.2) is 43.8 Å². The third kappa shape index (κ3) is 4.61. The summed E-state index contributed by atoms with van der Waals surface area (Å²) < 4.78 is 30.6. The number of methoxy groups -OCH3 is 1. The Balaban J connectivity index is 1.44. The van der Waals surface area contributed by atoms with Crippen LogP contribution in [-0.2, 0) is 19.4 Å². The number of benzene rings is 2. The van der Waals surface area contributed by atoms with E-state index in [1.807, 2.05) is 0 Å². The van der Waals surface area contributed by atoms with Gasteiger partial charge in [-0.1, -0.05) is 11.3 Å². The summed E-state index contributed by atoms with van der Waals surface area (Å²) in [6, 6.07) is 11.4. The van der Waals surface area contributed by atoms with Gasteiger partial charge in [0.25, 0.3) is 5.69 Å². The van der Waals surface area contributed by atoms with Crippen LogP contribution in [0.4, 0.5) is 16.5 Å². The second kappa shape index (κ2) is 9.19. The molecule has 2 heterocycles. The van der Waals surface area contributed by atoms with E-state index < -0.39 is 26.6 Å². The van der Waals surface area contributed by atoms with E-state index in [2.05, 4.69) is 10.3 Å². The van der Waals surface area contributed by atoms with E-state index in [1.165, 1.54) is 12.0 Å². The quantitative estimate of drug-likeness (QED) is 0.383. The number of rotatable bonds is 7. The number of hydrogen-bond donors (Lipinski definition) is 1. The van der Waals surface area contributed by atoms with E-state index in [1.54, 1.807) is 24.3 Å². The van der Waals surface area contributed by atoms with E-state index in [4.69, 9.17) is 4.74 Å². The number of anilines is 2. The number of ether oxygens (including phenoxy) is 1. The van der Waals surface area contributed by atoms with Gasteiger partial charge in [0.15, 0.2) is 5.13 Å². The van der Waals surface area contributed by atoms with Crippen LogP contribution in [0.5, 0.6) is 5.75 Å². The standard InChI is InChI=1S/C21H18N4O7S2/c1-32-16-6-2-14(3-7-16)24-12-13(10-18(24)26)20(27)23-21-22-11-19(33-21)34(30,31)17-8-4-15(5-9-17)25(28)29/h2-9,11,13H,10,12H2,1H3,(H,22,23,27). The lowest BCUT2D eigenvalue weighted by Crippen LogP contribution is -2.28. The summed E-state index contributed by atoms with van der Waals surface area (Å²) in [5, 5.41) is 13.4. The average Bonchev–Trinajstić information content (AvgIpc) is 3.46. The number of nitro groups is 1. The summed E-state index contributed by atoms with van der Waals surface area (Å²) in [7, 11) is -2.43. The van der Waals surface area contributed by atoms with Crippen LogP contribution in [0.15, 0.2) is 63.8 Å². The second-order valence-electron chi connectivity index (χ2n) is 7.33. The van der Waals surface area contributed by atoms with Crippen molar-refractivity contribution in [3.05, 3.63) is 64.8 Å². The molecule has 1 aliphatic heterocycles. The zero-order valence-electron chi connectivity index (χ0n) is 17.7. The predicted molar refractivity (Wildman–Crippen MR) is 123 cm³/mol. The highest BCUT2D eigenvalue weighted by Crippen LogP contribution is 2.31. The van der Waals surface area contributed by atoms with Crippen molar-refractivity contribution in [1.82, 2.24) is 4.98 Å². The zero-order valence-corrected chi connectivity index (χ0v) is 19.3. The van der Waals surface area contributed by atoms with Crippen molar-refractivity contribution in [3.8, 4) is 5.75 Å². The van der Waals surface area contributed by atoms with Crippen LogP contribution in [0.25, 0.3) is 0 Å². The summed E-state index contributed by atoms with van der Waals surface area (Å²) in [6.07, 6.45) is 1.12. The molecule has 1 aromatic heterocycles. The molecule has 176 valence electrons. The fourth-order valence-electron chi connectivity index (χ4n) is 3.41. The first-order valence-electron chi connectivity index (χ1n) is 9.89. The Morgan fingerprint density at radius 3 is 2.50 bits per heavy atom. The summed E-state index contributed by atoms with van der Waals surface area (Å²) in [5.41, 5.74) is 0.415. The number of nitro benzene ring substituents is 1. The van der Waals surface area contributed by atoms with E-state index in [0.29, 0.717) is 11.4 Å². The van der Waals surface area contributed by atoms with Crippen LogP contribution in [0.1, 0.15) is 6.42 Å². The van der Waals surface area contributed by atoms with Gasteiger partial charge in [-0.25, -0.2) is 13.4 Å². The number of non-ortho nitro benzene ring substituents is 1. The second-order valence-corrected chi connectivity index (χ2v) is 10.5. The molecule has 1 aliphatic rings. The van der Waals surface area contributed by atoms with E-state index in [-0.39, 0.29) is 38.8 Å². The lowest BCUT2D eigenvalue weighted by atomic mass is 10.1. The third-order valence-corrected chi connectivity index (χ3v) is 8.36. The number of sulfone groups is 1. The largest absolute Gasteiger partial charge is 0.497 e. The minimum atomic E-state index is -3.97. The van der Waals surface area contributed by atoms with Gasteiger partial charge in [-0.3, -0.25) is 19.7 Å². The van der Waals surface area contributed by atoms with E-state index >= 15 is 0 Å². The van der Waals surface area contributed by atoms with E-state index in [9.17, 15) is 28.1 Å². The molecule has 1 fully saturated rings. The van der Waals surface area contributed by atoms with Gasteiger partial charge in [-0.15, -0.1) is 0 Å². The lowest BCUT2D eigenvalue weighted by molar-refractivity contribution is -0.384. The van der Waals surface area contributed by atoms with Gasteiger partial charge in [0, 0.05) is 30.8 Å². The first kappa shape index (κ1) is 23.3. The van der Waals surface area contributed by atoms with Crippen LogP contribution in [0.2, 0.25) is 0 Å². The number of carbonyl (C=O) groups is 2. The average molecular weight is 503 g/mol. The highest BCUT2D eigenvalue weighted by molar-refractivity contribution is 7.93. The molecule has 11 nitrogen and oxygen atoms in total. The summed E-state index contributed by atoms with van der Waals surface area (Å²) in [4.78, 5) is 40.6. The Morgan fingerprint density at radius 1 is 1.21 bits per heavy atom. The minimum absolute atomic E-state index is 0.0111. The number of carbonyl (C=O) groups excluding carboxylic acids is 2. The smallest absolute Gasteiger partial charge is 0.269 e. The molecule has 0 saturated carbocycles. The highest BCUT2D eigenvalue weighted by Gasteiger charge is 2.35. The first-order valence-corrected chi connectivity index (χ1v) is 12.2.